The van der Waals surface area contributed by atoms with Crippen LogP contribution in [0.15, 0.2) is 66.7 Å². The first-order valence-electron chi connectivity index (χ1n) is 11.0. The molecule has 1 fully saturated rings. The number of rotatable bonds is 8. The minimum absolute atomic E-state index is 0.141. The normalized spacial score (nSPS) is 13.3. The lowest BCUT2D eigenvalue weighted by atomic mass is 10.0. The summed E-state index contributed by atoms with van der Waals surface area (Å²) >= 11 is 6.23. The number of carbonyl (C=O) groups excluding carboxylic acids is 3. The molecule has 0 unspecified atom stereocenters. The van der Waals surface area contributed by atoms with Gasteiger partial charge in [0.1, 0.15) is 5.82 Å². The molecule has 0 bridgehead atoms. The Kier molecular flexibility index (Phi) is 7.27. The first kappa shape index (κ1) is 24.2. The summed E-state index contributed by atoms with van der Waals surface area (Å²) in [5.74, 6) is -1.55. The van der Waals surface area contributed by atoms with E-state index < -0.39 is 11.7 Å². The molecule has 0 radical (unpaired) electrons. The van der Waals surface area contributed by atoms with E-state index in [4.69, 9.17) is 17.3 Å². The van der Waals surface area contributed by atoms with Gasteiger partial charge in [0.15, 0.2) is 0 Å². The molecule has 0 aliphatic heterocycles. The molecular weight excluding hydrogens is 469 g/mol. The van der Waals surface area contributed by atoms with Gasteiger partial charge in [-0.3, -0.25) is 14.4 Å². The maximum atomic E-state index is 13.5. The molecule has 8 heteroatoms. The van der Waals surface area contributed by atoms with Gasteiger partial charge in [0, 0.05) is 34.9 Å². The van der Waals surface area contributed by atoms with Crippen molar-refractivity contribution in [3.63, 3.8) is 0 Å². The van der Waals surface area contributed by atoms with Crippen LogP contribution < -0.4 is 16.4 Å². The van der Waals surface area contributed by atoms with E-state index in [2.05, 4.69) is 10.6 Å². The molecule has 0 heterocycles. The number of hydrogen-bond donors (Lipinski definition) is 3. The molecular formula is C27H23ClFN3O3. The van der Waals surface area contributed by atoms with Crippen molar-refractivity contribution in [2.45, 2.75) is 25.4 Å². The molecule has 1 aliphatic rings. The third-order valence-electron chi connectivity index (χ3n) is 5.55. The molecule has 4 rings (SSSR count). The number of benzene rings is 3. The predicted molar refractivity (Wildman–Crippen MR) is 133 cm³/mol. The average Bonchev–Trinajstić information content (AvgIpc) is 3.66. The minimum atomic E-state index is -0.510. The van der Waals surface area contributed by atoms with Crippen LogP contribution in [0.1, 0.15) is 50.2 Å². The molecule has 0 spiro atoms. The predicted octanol–water partition coefficient (Wildman–Crippen LogP) is 4.33. The zero-order valence-corrected chi connectivity index (χ0v) is 19.4. The van der Waals surface area contributed by atoms with Gasteiger partial charge in [-0.05, 0) is 72.5 Å². The van der Waals surface area contributed by atoms with E-state index in [9.17, 15) is 18.8 Å². The fourth-order valence-corrected chi connectivity index (χ4v) is 3.70. The summed E-state index contributed by atoms with van der Waals surface area (Å²) in [5.41, 5.74) is 8.33. The van der Waals surface area contributed by atoms with Crippen molar-refractivity contribution in [3.05, 3.63) is 105 Å². The van der Waals surface area contributed by atoms with Gasteiger partial charge < -0.3 is 16.4 Å². The van der Waals surface area contributed by atoms with E-state index in [1.54, 1.807) is 54.6 Å². The number of halogens is 2. The third kappa shape index (κ3) is 6.33. The Balaban J connectivity index is 1.48. The van der Waals surface area contributed by atoms with E-state index in [-0.39, 0.29) is 29.4 Å². The van der Waals surface area contributed by atoms with Gasteiger partial charge in [-0.15, -0.1) is 0 Å². The van der Waals surface area contributed by atoms with Crippen LogP contribution in [-0.2, 0) is 11.3 Å². The van der Waals surface area contributed by atoms with E-state index in [0.29, 0.717) is 27.8 Å². The van der Waals surface area contributed by atoms with Crippen molar-refractivity contribution in [3.8, 4) is 0 Å². The summed E-state index contributed by atoms with van der Waals surface area (Å²) in [5, 5.41) is 5.90. The van der Waals surface area contributed by atoms with Crippen LogP contribution in [0.25, 0.3) is 11.6 Å². The second kappa shape index (κ2) is 10.5. The average molecular weight is 492 g/mol. The zero-order valence-electron chi connectivity index (χ0n) is 18.7. The SMILES string of the molecule is NC(=O)c1ccc(CNC(=O)c2ccc(/C=C(/C(=O)NC3CC3)c3ccc(F)cc3Cl)cc2)cc1. The summed E-state index contributed by atoms with van der Waals surface area (Å²) in [6.45, 7) is 0.286. The van der Waals surface area contributed by atoms with Gasteiger partial charge in [-0.25, -0.2) is 4.39 Å². The van der Waals surface area contributed by atoms with Crippen LogP contribution in [0.3, 0.4) is 0 Å². The molecule has 0 saturated heterocycles. The van der Waals surface area contributed by atoms with Crippen LogP contribution in [0, 0.1) is 5.82 Å². The highest BCUT2D eigenvalue weighted by Crippen LogP contribution is 2.29. The van der Waals surface area contributed by atoms with E-state index >= 15 is 0 Å². The van der Waals surface area contributed by atoms with Gasteiger partial charge in [-0.1, -0.05) is 35.9 Å². The highest BCUT2D eigenvalue weighted by Gasteiger charge is 2.26. The fourth-order valence-electron chi connectivity index (χ4n) is 3.43. The number of amides is 3. The number of nitrogens with one attached hydrogen (secondary N) is 2. The van der Waals surface area contributed by atoms with Gasteiger partial charge in [0.2, 0.25) is 5.91 Å². The Morgan fingerprint density at radius 2 is 1.63 bits per heavy atom. The van der Waals surface area contributed by atoms with Gasteiger partial charge in [0.25, 0.3) is 11.8 Å². The summed E-state index contributed by atoms with van der Waals surface area (Å²) < 4.78 is 13.5. The second-order valence-electron chi connectivity index (χ2n) is 8.30. The van der Waals surface area contributed by atoms with Crippen LogP contribution in [0.2, 0.25) is 5.02 Å². The molecule has 178 valence electrons. The number of hydrogen-bond acceptors (Lipinski definition) is 3. The standard InChI is InChI=1S/C27H23ClFN3O3/c28-24-14-20(29)9-12-22(24)23(27(35)32-21-10-11-21)13-16-1-7-19(8-2-16)26(34)31-15-17-3-5-18(6-4-17)25(30)33/h1-9,12-14,21H,10-11,15H2,(H2,30,33)(H,31,34)(H,32,35)/b23-13+. The van der Waals surface area contributed by atoms with Gasteiger partial charge in [0.05, 0.1) is 5.02 Å². The number of nitrogens with two attached hydrogens (primary N) is 1. The fraction of sp³-hybridized carbons (Fsp3) is 0.148. The lowest BCUT2D eigenvalue weighted by molar-refractivity contribution is -0.115. The van der Waals surface area contributed by atoms with E-state index in [1.807, 2.05) is 0 Å². The molecule has 0 atom stereocenters. The summed E-state index contributed by atoms with van der Waals surface area (Å²) in [6, 6.07) is 17.5. The Hall–Kier alpha value is -3.97. The smallest absolute Gasteiger partial charge is 0.252 e. The maximum absolute atomic E-state index is 13.5. The molecule has 1 aliphatic carbocycles. The van der Waals surface area contributed by atoms with Crippen molar-refractivity contribution < 1.29 is 18.8 Å². The van der Waals surface area contributed by atoms with Gasteiger partial charge in [-0.2, -0.15) is 0 Å². The van der Waals surface area contributed by atoms with Crippen LogP contribution in [0.4, 0.5) is 4.39 Å². The molecule has 6 nitrogen and oxygen atoms in total. The Morgan fingerprint density at radius 3 is 2.23 bits per heavy atom. The quantitative estimate of drug-likeness (QED) is 0.323. The largest absolute Gasteiger partial charge is 0.366 e. The topological polar surface area (TPSA) is 101 Å². The highest BCUT2D eigenvalue weighted by molar-refractivity contribution is 6.36. The van der Waals surface area contributed by atoms with Crippen LogP contribution >= 0.6 is 11.6 Å². The molecule has 4 N–H and O–H groups in total. The lowest BCUT2D eigenvalue weighted by Gasteiger charge is -2.11. The van der Waals surface area contributed by atoms with Crippen LogP contribution in [-0.4, -0.2) is 23.8 Å². The van der Waals surface area contributed by atoms with Crippen molar-refractivity contribution in [1.82, 2.24) is 10.6 Å². The van der Waals surface area contributed by atoms with Crippen molar-refractivity contribution in [1.29, 1.82) is 0 Å². The van der Waals surface area contributed by atoms with E-state index in [1.165, 1.54) is 18.2 Å². The summed E-state index contributed by atoms with van der Waals surface area (Å²) in [6.07, 6.45) is 3.52. The molecule has 0 aromatic heterocycles. The zero-order chi connectivity index (χ0) is 24.9. The first-order valence-corrected chi connectivity index (χ1v) is 11.4. The lowest BCUT2D eigenvalue weighted by Crippen LogP contribution is -2.26. The summed E-state index contributed by atoms with van der Waals surface area (Å²) in [7, 11) is 0. The summed E-state index contributed by atoms with van der Waals surface area (Å²) in [4.78, 5) is 36.6. The van der Waals surface area contributed by atoms with Crippen molar-refractivity contribution in [2.24, 2.45) is 5.73 Å². The maximum Gasteiger partial charge on any atom is 0.252 e. The first-order chi connectivity index (χ1) is 16.8. The molecule has 3 amide bonds. The van der Waals surface area contributed by atoms with Gasteiger partial charge >= 0.3 is 0 Å². The molecule has 1 saturated carbocycles. The number of carbonyl (C=O) groups is 3. The minimum Gasteiger partial charge on any atom is -0.366 e. The molecule has 3 aromatic carbocycles. The highest BCUT2D eigenvalue weighted by atomic mass is 35.5. The molecule has 35 heavy (non-hydrogen) atoms. The molecule has 3 aromatic rings. The van der Waals surface area contributed by atoms with Crippen molar-refractivity contribution in [2.75, 3.05) is 0 Å². The second-order valence-corrected chi connectivity index (χ2v) is 8.70. The Bertz CT molecular complexity index is 1300. The van der Waals surface area contributed by atoms with E-state index in [0.717, 1.165) is 18.4 Å². The Labute approximate surface area is 207 Å². The number of primary amides is 1. The monoisotopic (exact) mass is 491 g/mol. The third-order valence-corrected chi connectivity index (χ3v) is 5.87. The van der Waals surface area contributed by atoms with Crippen molar-refractivity contribution >= 4 is 41.0 Å². The Morgan fingerprint density at radius 1 is 0.971 bits per heavy atom. The van der Waals surface area contributed by atoms with Crippen LogP contribution in [0.5, 0.6) is 0 Å².